The molecule has 0 aromatic heterocycles. The molecule has 39 heavy (non-hydrogen) atoms. The molecule has 5 rings (SSSR count). The Hall–Kier alpha value is -2.67. The number of likely N-dealkylation sites (tertiary alicyclic amines) is 1. The fraction of sp³-hybridized carbons (Fsp3) is 0.656. The molecular weight excluding hydrogens is 490 g/mol. The fourth-order valence-corrected chi connectivity index (χ4v) is 7.19. The third-order valence-electron chi connectivity index (χ3n) is 9.46. The highest BCUT2D eigenvalue weighted by atomic mass is 16.5. The van der Waals surface area contributed by atoms with E-state index in [1.54, 1.807) is 4.90 Å². The van der Waals surface area contributed by atoms with Gasteiger partial charge in [-0.05, 0) is 48.8 Å². The molecule has 2 bridgehead atoms. The minimum atomic E-state index is -1.10. The van der Waals surface area contributed by atoms with Gasteiger partial charge in [0.25, 0.3) is 0 Å². The van der Waals surface area contributed by atoms with Gasteiger partial charge in [-0.3, -0.25) is 14.4 Å². The highest BCUT2D eigenvalue weighted by Gasteiger charge is 2.72. The van der Waals surface area contributed by atoms with Crippen molar-refractivity contribution in [1.29, 1.82) is 0 Å². The average Bonchev–Trinajstić information content (AvgIpc) is 3.55. The molecule has 1 saturated carbocycles. The Balaban J connectivity index is 1.39. The van der Waals surface area contributed by atoms with Gasteiger partial charge in [0, 0.05) is 18.3 Å². The largest absolute Gasteiger partial charge is 0.359 e. The molecule has 3 fully saturated rings. The van der Waals surface area contributed by atoms with E-state index < -0.39 is 29.6 Å². The molecule has 7 nitrogen and oxygen atoms in total. The van der Waals surface area contributed by atoms with E-state index >= 15 is 0 Å². The first-order valence-corrected chi connectivity index (χ1v) is 15.2. The Morgan fingerprint density at radius 3 is 2.51 bits per heavy atom. The molecule has 7 atom stereocenters. The zero-order valence-corrected chi connectivity index (χ0v) is 23.9. The summed E-state index contributed by atoms with van der Waals surface area (Å²) in [7, 11) is 0. The SMILES string of the molecule is CCCCCCN1C(=O)C2C(C(=O)Nc3ccc(C(C)C)cc3)C3C=CC2(O3)C1C(=O)NC1CCCCC1C. The molecule has 7 unspecified atom stereocenters. The number of hydrogen-bond acceptors (Lipinski definition) is 4. The van der Waals surface area contributed by atoms with Crippen LogP contribution in [0.3, 0.4) is 0 Å². The number of nitrogens with zero attached hydrogens (tertiary/aromatic N) is 1. The lowest BCUT2D eigenvalue weighted by Gasteiger charge is -2.36. The number of carbonyl (C=O) groups is 3. The summed E-state index contributed by atoms with van der Waals surface area (Å²) in [6.07, 6.45) is 11.6. The van der Waals surface area contributed by atoms with Crippen molar-refractivity contribution in [2.24, 2.45) is 17.8 Å². The minimum absolute atomic E-state index is 0.106. The van der Waals surface area contributed by atoms with Crippen LogP contribution in [0.15, 0.2) is 36.4 Å². The molecule has 2 N–H and O–H groups in total. The van der Waals surface area contributed by atoms with Gasteiger partial charge in [-0.15, -0.1) is 0 Å². The van der Waals surface area contributed by atoms with Crippen LogP contribution in [0.25, 0.3) is 0 Å². The molecule has 2 saturated heterocycles. The molecule has 1 aromatic carbocycles. The van der Waals surface area contributed by atoms with Crippen LogP contribution in [0.1, 0.15) is 90.5 Å². The van der Waals surface area contributed by atoms with Crippen molar-refractivity contribution < 1.29 is 19.1 Å². The number of benzene rings is 1. The lowest BCUT2D eigenvalue weighted by molar-refractivity contribution is -0.141. The number of amides is 3. The third kappa shape index (κ3) is 5.15. The van der Waals surface area contributed by atoms with E-state index in [0.717, 1.165) is 44.9 Å². The molecule has 212 valence electrons. The van der Waals surface area contributed by atoms with E-state index in [1.165, 1.54) is 12.0 Å². The molecule has 1 aliphatic carbocycles. The summed E-state index contributed by atoms with van der Waals surface area (Å²) < 4.78 is 6.49. The smallest absolute Gasteiger partial charge is 0.246 e. The number of anilines is 1. The summed E-state index contributed by atoms with van der Waals surface area (Å²) in [4.78, 5) is 43.4. The number of nitrogens with one attached hydrogen (secondary N) is 2. The van der Waals surface area contributed by atoms with E-state index in [-0.39, 0.29) is 23.8 Å². The Morgan fingerprint density at radius 1 is 1.08 bits per heavy atom. The van der Waals surface area contributed by atoms with Crippen LogP contribution in [-0.4, -0.2) is 53.0 Å². The van der Waals surface area contributed by atoms with Gasteiger partial charge in [0.05, 0.1) is 17.9 Å². The zero-order valence-electron chi connectivity index (χ0n) is 23.9. The summed E-state index contributed by atoms with van der Waals surface area (Å²) in [6.45, 7) is 9.12. The summed E-state index contributed by atoms with van der Waals surface area (Å²) in [6, 6.07) is 7.20. The molecular formula is C32H45N3O4. The van der Waals surface area contributed by atoms with Crippen molar-refractivity contribution in [3.05, 3.63) is 42.0 Å². The van der Waals surface area contributed by atoms with Gasteiger partial charge in [-0.25, -0.2) is 0 Å². The Morgan fingerprint density at radius 2 is 1.82 bits per heavy atom. The van der Waals surface area contributed by atoms with Crippen molar-refractivity contribution in [2.45, 2.75) is 109 Å². The molecule has 3 aliphatic heterocycles. The molecule has 1 spiro atoms. The maximum Gasteiger partial charge on any atom is 0.246 e. The quantitative estimate of drug-likeness (QED) is 0.319. The van der Waals surface area contributed by atoms with Crippen LogP contribution >= 0.6 is 0 Å². The molecule has 1 aromatic rings. The van der Waals surface area contributed by atoms with Crippen LogP contribution in [0.5, 0.6) is 0 Å². The second kappa shape index (κ2) is 11.4. The monoisotopic (exact) mass is 535 g/mol. The molecule has 3 heterocycles. The van der Waals surface area contributed by atoms with Crippen molar-refractivity contribution in [2.75, 3.05) is 11.9 Å². The number of carbonyl (C=O) groups excluding carboxylic acids is 3. The first-order chi connectivity index (χ1) is 18.8. The van der Waals surface area contributed by atoms with Crippen LogP contribution in [0, 0.1) is 17.8 Å². The van der Waals surface area contributed by atoms with Gasteiger partial charge < -0.3 is 20.3 Å². The predicted octanol–water partition coefficient (Wildman–Crippen LogP) is 5.17. The predicted molar refractivity (Wildman–Crippen MR) is 152 cm³/mol. The molecule has 0 radical (unpaired) electrons. The minimum Gasteiger partial charge on any atom is -0.359 e. The summed E-state index contributed by atoms with van der Waals surface area (Å²) in [5.74, 6) is -1.07. The number of rotatable bonds is 10. The van der Waals surface area contributed by atoms with Crippen molar-refractivity contribution in [1.82, 2.24) is 10.2 Å². The van der Waals surface area contributed by atoms with E-state index in [0.29, 0.717) is 24.1 Å². The van der Waals surface area contributed by atoms with Crippen LogP contribution in [-0.2, 0) is 19.1 Å². The molecule has 3 amide bonds. The highest BCUT2D eigenvalue weighted by Crippen LogP contribution is 2.55. The Labute approximate surface area is 233 Å². The van der Waals surface area contributed by atoms with Gasteiger partial charge in [0.1, 0.15) is 11.6 Å². The topological polar surface area (TPSA) is 87.7 Å². The molecule has 4 aliphatic rings. The molecule has 7 heteroatoms. The normalized spacial score (nSPS) is 33.1. The van der Waals surface area contributed by atoms with E-state index in [1.807, 2.05) is 36.4 Å². The summed E-state index contributed by atoms with van der Waals surface area (Å²) in [5.41, 5.74) is 0.800. The number of hydrogen-bond donors (Lipinski definition) is 2. The Bertz CT molecular complexity index is 1100. The standard InChI is InChI=1S/C32H45N3O4/c1-5-6-7-10-19-35-28(30(37)34-24-12-9-8-11-21(24)4)32-18-17-25(39-32)26(27(32)31(35)38)29(36)33-23-15-13-22(14-16-23)20(2)3/h13-18,20-21,24-28H,5-12,19H2,1-4H3,(H,33,36)(H,34,37). The first kappa shape index (κ1) is 27.9. The van der Waals surface area contributed by atoms with Crippen LogP contribution < -0.4 is 10.6 Å². The highest BCUT2D eigenvalue weighted by molar-refractivity contribution is 6.02. The Kier molecular flexibility index (Phi) is 8.18. The fourth-order valence-electron chi connectivity index (χ4n) is 7.19. The van der Waals surface area contributed by atoms with Crippen LogP contribution in [0.2, 0.25) is 0 Å². The lowest BCUT2D eigenvalue weighted by atomic mass is 9.74. The number of ether oxygens (including phenoxy) is 1. The van der Waals surface area contributed by atoms with Crippen molar-refractivity contribution in [3.63, 3.8) is 0 Å². The van der Waals surface area contributed by atoms with E-state index in [9.17, 15) is 14.4 Å². The van der Waals surface area contributed by atoms with Gasteiger partial charge in [-0.1, -0.05) is 84.1 Å². The van der Waals surface area contributed by atoms with Gasteiger partial charge in [-0.2, -0.15) is 0 Å². The second-order valence-electron chi connectivity index (χ2n) is 12.4. The van der Waals surface area contributed by atoms with Crippen molar-refractivity contribution >= 4 is 23.4 Å². The number of fused-ring (bicyclic) bond motifs is 1. The van der Waals surface area contributed by atoms with Crippen molar-refractivity contribution in [3.8, 4) is 0 Å². The number of unbranched alkanes of at least 4 members (excludes halogenated alkanes) is 3. The third-order valence-corrected chi connectivity index (χ3v) is 9.46. The van der Waals surface area contributed by atoms with E-state index in [4.69, 9.17) is 4.74 Å². The summed E-state index contributed by atoms with van der Waals surface area (Å²) >= 11 is 0. The first-order valence-electron chi connectivity index (χ1n) is 15.2. The zero-order chi connectivity index (χ0) is 27.7. The van der Waals surface area contributed by atoms with Gasteiger partial charge >= 0.3 is 0 Å². The van der Waals surface area contributed by atoms with Gasteiger partial charge in [0.2, 0.25) is 17.7 Å². The average molecular weight is 536 g/mol. The van der Waals surface area contributed by atoms with Crippen LogP contribution in [0.4, 0.5) is 5.69 Å². The van der Waals surface area contributed by atoms with Gasteiger partial charge in [0.15, 0.2) is 0 Å². The maximum atomic E-state index is 14.0. The summed E-state index contributed by atoms with van der Waals surface area (Å²) in [5, 5.41) is 6.33. The maximum absolute atomic E-state index is 14.0. The van der Waals surface area contributed by atoms with E-state index in [2.05, 4.69) is 38.3 Å². The lowest BCUT2D eigenvalue weighted by Crippen LogP contribution is -2.57. The second-order valence-corrected chi connectivity index (χ2v) is 12.4.